The van der Waals surface area contributed by atoms with E-state index in [0.29, 0.717) is 40.5 Å². The molecule has 0 bridgehead atoms. The molecular weight excluding hydrogens is 475 g/mol. The van der Waals surface area contributed by atoms with E-state index in [1.165, 1.54) is 12.1 Å². The molecule has 1 aromatic carbocycles. The number of halogens is 1. The Bertz CT molecular complexity index is 1300. The van der Waals surface area contributed by atoms with E-state index in [1.807, 2.05) is 6.92 Å². The molecule has 0 amide bonds. The zero-order chi connectivity index (χ0) is 24.6. The van der Waals surface area contributed by atoms with E-state index in [0.717, 1.165) is 19.1 Å². The van der Waals surface area contributed by atoms with Gasteiger partial charge in [0.05, 0.1) is 36.6 Å². The first-order valence-corrected chi connectivity index (χ1v) is 13.2. The molecule has 0 unspecified atom stereocenters. The largest absolute Gasteiger partial charge is 0.351 e. The minimum atomic E-state index is -3.32. The average Bonchev–Trinajstić information content (AvgIpc) is 3.53. The molecule has 3 aromatic rings. The normalized spacial score (nSPS) is 22.8. The van der Waals surface area contributed by atoms with Gasteiger partial charge in [-0.3, -0.25) is 0 Å². The number of imidazole rings is 1. The molecule has 0 radical (unpaired) electrons. The predicted molar refractivity (Wildman–Crippen MR) is 127 cm³/mol. The summed E-state index contributed by atoms with van der Waals surface area (Å²) in [4.78, 5) is 16.9. The fourth-order valence-electron chi connectivity index (χ4n) is 3.69. The SMILES string of the molecule is CC1(CNS(C)(=O)=O)COC(c2nc(-c3ccc(F)cc3)c(-c3ccnc(NC4CC4)n3)[nH]2)OC1. The smallest absolute Gasteiger partial charge is 0.223 e. The van der Waals surface area contributed by atoms with Crippen LogP contribution in [-0.4, -0.2) is 60.4 Å². The van der Waals surface area contributed by atoms with Crippen LogP contribution in [0.1, 0.15) is 31.9 Å². The maximum absolute atomic E-state index is 13.6. The van der Waals surface area contributed by atoms with E-state index in [1.54, 1.807) is 24.4 Å². The molecule has 0 spiro atoms. The predicted octanol–water partition coefficient (Wildman–Crippen LogP) is 2.85. The van der Waals surface area contributed by atoms with Crippen LogP contribution >= 0.6 is 0 Å². The van der Waals surface area contributed by atoms with Gasteiger partial charge in [0.1, 0.15) is 5.82 Å². The van der Waals surface area contributed by atoms with Crippen molar-refractivity contribution in [1.29, 1.82) is 0 Å². The van der Waals surface area contributed by atoms with Crippen LogP contribution in [0.3, 0.4) is 0 Å². The summed E-state index contributed by atoms with van der Waals surface area (Å²) in [6, 6.07) is 8.23. The molecule has 3 N–H and O–H groups in total. The Hall–Kier alpha value is -2.93. The summed E-state index contributed by atoms with van der Waals surface area (Å²) in [5.41, 5.74) is 2.02. The molecule has 2 fully saturated rings. The number of hydrogen-bond donors (Lipinski definition) is 3. The van der Waals surface area contributed by atoms with Crippen molar-refractivity contribution in [2.24, 2.45) is 5.41 Å². The Morgan fingerprint density at radius 1 is 1.14 bits per heavy atom. The van der Waals surface area contributed by atoms with Crippen LogP contribution in [-0.2, 0) is 19.5 Å². The lowest BCUT2D eigenvalue weighted by molar-refractivity contribution is -0.231. The highest BCUT2D eigenvalue weighted by Crippen LogP contribution is 2.35. The number of nitrogens with one attached hydrogen (secondary N) is 3. The van der Waals surface area contributed by atoms with Crippen molar-refractivity contribution < 1.29 is 22.3 Å². The summed E-state index contributed by atoms with van der Waals surface area (Å²) in [7, 11) is -3.32. The quantitative estimate of drug-likeness (QED) is 0.429. The van der Waals surface area contributed by atoms with Gasteiger partial charge in [0.2, 0.25) is 22.3 Å². The standard InChI is InChI=1S/C23H27FN6O4S/c1-23(11-26-35(2,31)32)12-33-21(34-13-23)20-29-18(14-3-5-15(24)6-4-14)19(30-20)17-9-10-25-22(28-17)27-16-7-8-16/h3-6,9-10,16,21,26H,7-8,11-13H2,1-2H3,(H,29,30)(H,25,27,28). The van der Waals surface area contributed by atoms with Crippen molar-refractivity contribution in [2.45, 2.75) is 32.1 Å². The van der Waals surface area contributed by atoms with Gasteiger partial charge >= 0.3 is 0 Å². The van der Waals surface area contributed by atoms with Crippen LogP contribution in [0.2, 0.25) is 0 Å². The highest BCUT2D eigenvalue weighted by molar-refractivity contribution is 7.88. The third-order valence-electron chi connectivity index (χ3n) is 5.81. The fourth-order valence-corrected chi connectivity index (χ4v) is 4.30. The summed E-state index contributed by atoms with van der Waals surface area (Å²) >= 11 is 0. The summed E-state index contributed by atoms with van der Waals surface area (Å²) in [6.45, 7) is 2.62. The van der Waals surface area contributed by atoms with Crippen molar-refractivity contribution >= 4 is 16.0 Å². The van der Waals surface area contributed by atoms with Gasteiger partial charge in [-0.2, -0.15) is 0 Å². The second-order valence-corrected chi connectivity index (χ2v) is 11.2. The number of nitrogens with zero attached hydrogens (tertiary/aromatic N) is 3. The Labute approximate surface area is 202 Å². The van der Waals surface area contributed by atoms with Crippen LogP contribution in [0.25, 0.3) is 22.6 Å². The molecule has 186 valence electrons. The van der Waals surface area contributed by atoms with Crippen molar-refractivity contribution in [1.82, 2.24) is 24.7 Å². The molecule has 10 nitrogen and oxygen atoms in total. The number of aromatic amines is 1. The first-order valence-electron chi connectivity index (χ1n) is 11.3. The maximum Gasteiger partial charge on any atom is 0.223 e. The molecule has 5 rings (SSSR count). The van der Waals surface area contributed by atoms with E-state index in [2.05, 4.69) is 25.0 Å². The van der Waals surface area contributed by atoms with Gasteiger partial charge in [0.15, 0.2) is 5.82 Å². The first kappa shape index (κ1) is 23.8. The number of hydrogen-bond acceptors (Lipinski definition) is 8. The highest BCUT2D eigenvalue weighted by Gasteiger charge is 2.36. The zero-order valence-electron chi connectivity index (χ0n) is 19.4. The van der Waals surface area contributed by atoms with Crippen LogP contribution in [0.5, 0.6) is 0 Å². The Balaban J connectivity index is 1.42. The Kier molecular flexibility index (Phi) is 6.30. The van der Waals surface area contributed by atoms with Gasteiger partial charge in [-0.05, 0) is 43.2 Å². The van der Waals surface area contributed by atoms with Crippen molar-refractivity contribution in [2.75, 3.05) is 31.3 Å². The number of ether oxygens (including phenoxy) is 2. The number of H-pyrrole nitrogens is 1. The van der Waals surface area contributed by atoms with Gasteiger partial charge in [-0.25, -0.2) is 32.5 Å². The van der Waals surface area contributed by atoms with Gasteiger partial charge in [-0.1, -0.05) is 6.92 Å². The number of anilines is 1. The molecule has 1 aliphatic carbocycles. The lowest BCUT2D eigenvalue weighted by Crippen LogP contribution is -2.45. The second kappa shape index (κ2) is 9.26. The monoisotopic (exact) mass is 502 g/mol. The van der Waals surface area contributed by atoms with Crippen LogP contribution < -0.4 is 10.0 Å². The minimum absolute atomic E-state index is 0.195. The van der Waals surface area contributed by atoms with Crippen LogP contribution in [0.4, 0.5) is 10.3 Å². The zero-order valence-corrected chi connectivity index (χ0v) is 20.2. The van der Waals surface area contributed by atoms with Gasteiger partial charge in [0, 0.05) is 29.8 Å². The molecule has 0 atom stereocenters. The molecule has 1 aliphatic heterocycles. The second-order valence-electron chi connectivity index (χ2n) is 9.39. The lowest BCUT2D eigenvalue weighted by Gasteiger charge is -2.36. The van der Waals surface area contributed by atoms with Crippen molar-refractivity contribution in [3.63, 3.8) is 0 Å². The van der Waals surface area contributed by atoms with E-state index in [9.17, 15) is 12.8 Å². The number of rotatable bonds is 8. The van der Waals surface area contributed by atoms with Crippen LogP contribution in [0.15, 0.2) is 36.5 Å². The minimum Gasteiger partial charge on any atom is -0.351 e. The summed E-state index contributed by atoms with van der Waals surface area (Å²) < 4.78 is 50.9. The summed E-state index contributed by atoms with van der Waals surface area (Å²) in [5.74, 6) is 0.628. The van der Waals surface area contributed by atoms with E-state index >= 15 is 0 Å². The van der Waals surface area contributed by atoms with E-state index in [-0.39, 0.29) is 25.6 Å². The third kappa shape index (κ3) is 5.84. The number of aromatic nitrogens is 4. The van der Waals surface area contributed by atoms with E-state index < -0.39 is 21.7 Å². The molecule has 2 aliphatic rings. The molecule has 35 heavy (non-hydrogen) atoms. The van der Waals surface area contributed by atoms with Gasteiger partial charge in [0.25, 0.3) is 0 Å². The fraction of sp³-hybridized carbons (Fsp3) is 0.435. The molecule has 2 aromatic heterocycles. The third-order valence-corrected chi connectivity index (χ3v) is 6.48. The molecule has 1 saturated heterocycles. The number of benzene rings is 1. The average molecular weight is 503 g/mol. The van der Waals surface area contributed by atoms with Crippen molar-refractivity contribution in [3.05, 3.63) is 48.2 Å². The van der Waals surface area contributed by atoms with Gasteiger partial charge in [-0.15, -0.1) is 0 Å². The molecule has 1 saturated carbocycles. The topological polar surface area (TPSA) is 131 Å². The first-order chi connectivity index (χ1) is 16.7. The molecular formula is C23H27FN6O4S. The summed E-state index contributed by atoms with van der Waals surface area (Å²) in [6.07, 6.45) is 4.20. The lowest BCUT2D eigenvalue weighted by atomic mass is 9.92. The van der Waals surface area contributed by atoms with Gasteiger partial charge < -0.3 is 19.8 Å². The van der Waals surface area contributed by atoms with Crippen molar-refractivity contribution in [3.8, 4) is 22.6 Å². The Morgan fingerprint density at radius 3 is 2.51 bits per heavy atom. The van der Waals surface area contributed by atoms with E-state index in [4.69, 9.17) is 14.5 Å². The highest BCUT2D eigenvalue weighted by atomic mass is 32.2. The molecule has 3 heterocycles. The molecule has 12 heteroatoms. The van der Waals surface area contributed by atoms with Crippen LogP contribution in [0, 0.1) is 11.2 Å². The Morgan fingerprint density at radius 2 is 1.86 bits per heavy atom. The number of sulfonamides is 1. The maximum atomic E-state index is 13.6. The summed E-state index contributed by atoms with van der Waals surface area (Å²) in [5, 5.41) is 3.29.